The first-order valence-electron chi connectivity index (χ1n) is 11.7. The summed E-state index contributed by atoms with van der Waals surface area (Å²) in [6.07, 6.45) is -5.43. The van der Waals surface area contributed by atoms with Gasteiger partial charge in [0.15, 0.2) is 18.9 Å². The van der Waals surface area contributed by atoms with Gasteiger partial charge >= 0.3 is 0 Å². The summed E-state index contributed by atoms with van der Waals surface area (Å²) in [5.41, 5.74) is 0.870. The Hall–Kier alpha value is -1.38. The minimum atomic E-state index is -0.781. The van der Waals surface area contributed by atoms with Crippen molar-refractivity contribution >= 4 is 0 Å². The van der Waals surface area contributed by atoms with E-state index in [0.29, 0.717) is 13.2 Å². The SMILES string of the molecule is COc1ccc(C2OC[C@H]3O[C@H](O[C@H]4[C@H](OC)[C@@H](OC)[C@@H]5OC[C@H]4O5)[C@H](OC)[C@@H](OC)[C@@H]3O2)cc1. The van der Waals surface area contributed by atoms with E-state index >= 15 is 0 Å². The van der Waals surface area contributed by atoms with Gasteiger partial charge in [0, 0.05) is 34.0 Å². The molecule has 4 heterocycles. The normalized spacial score (nSPS) is 43.1. The Balaban J connectivity index is 1.32. The van der Waals surface area contributed by atoms with Crippen LogP contribution in [0.5, 0.6) is 5.75 Å². The maximum Gasteiger partial charge on any atom is 0.187 e. The molecule has 0 spiro atoms. The van der Waals surface area contributed by atoms with E-state index < -0.39 is 61.6 Å². The molecule has 0 aliphatic carbocycles. The van der Waals surface area contributed by atoms with Crippen LogP contribution >= 0.6 is 0 Å². The van der Waals surface area contributed by atoms with Crippen LogP contribution in [0.4, 0.5) is 0 Å². The van der Waals surface area contributed by atoms with Gasteiger partial charge in [-0.2, -0.15) is 0 Å². The molecule has 4 aliphatic heterocycles. The molecule has 11 nitrogen and oxygen atoms in total. The van der Waals surface area contributed by atoms with Gasteiger partial charge in [-0.05, 0) is 12.1 Å². The van der Waals surface area contributed by atoms with Gasteiger partial charge in [-0.1, -0.05) is 12.1 Å². The van der Waals surface area contributed by atoms with Gasteiger partial charge in [0.25, 0.3) is 0 Å². The average molecular weight is 499 g/mol. The third kappa shape index (κ3) is 4.71. The number of ether oxygens (including phenoxy) is 11. The fraction of sp³-hybridized carbons (Fsp3) is 0.750. The summed E-state index contributed by atoms with van der Waals surface area (Å²) in [4.78, 5) is 0. The second-order valence-corrected chi connectivity index (χ2v) is 8.86. The van der Waals surface area contributed by atoms with E-state index in [9.17, 15) is 0 Å². The fourth-order valence-corrected chi connectivity index (χ4v) is 5.27. The fourth-order valence-electron chi connectivity index (χ4n) is 5.27. The predicted molar refractivity (Wildman–Crippen MR) is 118 cm³/mol. The summed E-state index contributed by atoms with van der Waals surface area (Å²) >= 11 is 0. The van der Waals surface area contributed by atoms with E-state index in [1.807, 2.05) is 24.3 Å². The molecular weight excluding hydrogens is 464 g/mol. The number of rotatable bonds is 8. The maximum absolute atomic E-state index is 6.46. The number of methoxy groups -OCH3 is 5. The van der Waals surface area contributed by atoms with Crippen molar-refractivity contribution in [1.82, 2.24) is 0 Å². The highest BCUT2D eigenvalue weighted by Gasteiger charge is 2.56. The lowest BCUT2D eigenvalue weighted by atomic mass is 9.96. The Bertz CT molecular complexity index is 822. The van der Waals surface area contributed by atoms with Crippen molar-refractivity contribution < 1.29 is 52.1 Å². The first kappa shape index (κ1) is 25.3. The zero-order valence-corrected chi connectivity index (χ0v) is 20.6. The molecule has 4 aliphatic rings. The summed E-state index contributed by atoms with van der Waals surface area (Å²) < 4.78 is 65.0. The summed E-state index contributed by atoms with van der Waals surface area (Å²) in [6, 6.07) is 7.55. The number of benzene rings is 1. The molecule has 2 bridgehead atoms. The van der Waals surface area contributed by atoms with Crippen molar-refractivity contribution in [2.75, 3.05) is 48.8 Å². The summed E-state index contributed by atoms with van der Waals surface area (Å²) in [5, 5.41) is 0. The molecule has 0 saturated carbocycles. The molecule has 1 aromatic carbocycles. The zero-order valence-electron chi connectivity index (χ0n) is 20.6. The molecule has 0 amide bonds. The Morgan fingerprint density at radius 3 is 2.00 bits per heavy atom. The van der Waals surface area contributed by atoms with E-state index in [4.69, 9.17) is 52.1 Å². The third-order valence-electron chi connectivity index (χ3n) is 7.07. The van der Waals surface area contributed by atoms with Crippen LogP contribution in [0.1, 0.15) is 11.9 Å². The van der Waals surface area contributed by atoms with Gasteiger partial charge in [-0.15, -0.1) is 0 Å². The minimum absolute atomic E-state index is 0.293. The molecular formula is C24H34O11. The number of hydrogen-bond donors (Lipinski definition) is 0. The van der Waals surface area contributed by atoms with E-state index in [2.05, 4.69) is 0 Å². The lowest BCUT2D eigenvalue weighted by Crippen LogP contribution is -2.65. The lowest BCUT2D eigenvalue weighted by molar-refractivity contribution is -0.381. The van der Waals surface area contributed by atoms with Crippen molar-refractivity contribution in [3.05, 3.63) is 29.8 Å². The Morgan fingerprint density at radius 2 is 1.34 bits per heavy atom. The second kappa shape index (κ2) is 10.9. The number of hydrogen-bond acceptors (Lipinski definition) is 11. The summed E-state index contributed by atoms with van der Waals surface area (Å²) in [7, 11) is 8.05. The molecule has 196 valence electrons. The van der Waals surface area contributed by atoms with Crippen molar-refractivity contribution in [3.63, 3.8) is 0 Å². The molecule has 0 radical (unpaired) electrons. The Labute approximate surface area is 204 Å². The molecule has 1 unspecified atom stereocenters. The van der Waals surface area contributed by atoms with E-state index in [0.717, 1.165) is 11.3 Å². The van der Waals surface area contributed by atoms with Crippen LogP contribution in [-0.4, -0.2) is 110 Å². The van der Waals surface area contributed by atoms with Crippen LogP contribution < -0.4 is 4.74 Å². The van der Waals surface area contributed by atoms with Crippen LogP contribution in [-0.2, 0) is 47.4 Å². The second-order valence-electron chi connectivity index (χ2n) is 8.86. The minimum Gasteiger partial charge on any atom is -0.497 e. The molecule has 4 fully saturated rings. The Morgan fingerprint density at radius 1 is 0.657 bits per heavy atom. The highest BCUT2D eigenvalue weighted by Crippen LogP contribution is 2.39. The molecule has 4 saturated heterocycles. The van der Waals surface area contributed by atoms with Crippen molar-refractivity contribution in [3.8, 4) is 5.75 Å². The van der Waals surface area contributed by atoms with E-state index in [-0.39, 0.29) is 6.10 Å². The van der Waals surface area contributed by atoms with Crippen molar-refractivity contribution in [2.45, 2.75) is 67.7 Å². The topological polar surface area (TPSA) is 102 Å². The first-order chi connectivity index (χ1) is 17.1. The van der Waals surface area contributed by atoms with Gasteiger partial charge in [0.05, 0.1) is 20.3 Å². The molecule has 1 aromatic rings. The molecule has 5 rings (SSSR count). The average Bonchev–Trinajstić information content (AvgIpc) is 3.33. The predicted octanol–water partition coefficient (Wildman–Crippen LogP) is 1.03. The molecule has 11 atom stereocenters. The highest BCUT2D eigenvalue weighted by atomic mass is 16.8. The van der Waals surface area contributed by atoms with Gasteiger partial charge in [-0.3, -0.25) is 0 Å². The van der Waals surface area contributed by atoms with Crippen molar-refractivity contribution in [2.24, 2.45) is 0 Å². The standard InChI is InChI=1S/C24H34O11/c1-25-13-8-6-12(7-9-13)22-30-10-15-16(34-22)19(27-3)21(29-5)24(33-15)35-17-14-11-31-23(32-14)20(28-4)18(17)26-2/h6-9,14-24H,10-11H2,1-5H3/t14-,15-,16-,17-,18+,19+,20-,21-,22?,23-,24-/m1/s1. The quantitative estimate of drug-likeness (QED) is 0.514. The molecule has 11 heteroatoms. The van der Waals surface area contributed by atoms with E-state index in [1.54, 1.807) is 35.5 Å². The van der Waals surface area contributed by atoms with Gasteiger partial charge < -0.3 is 52.1 Å². The highest BCUT2D eigenvalue weighted by molar-refractivity contribution is 5.28. The Kier molecular flexibility index (Phi) is 7.90. The van der Waals surface area contributed by atoms with Crippen LogP contribution in [0.25, 0.3) is 0 Å². The monoisotopic (exact) mass is 498 g/mol. The molecule has 35 heavy (non-hydrogen) atoms. The van der Waals surface area contributed by atoms with Crippen LogP contribution in [0, 0.1) is 0 Å². The van der Waals surface area contributed by atoms with Gasteiger partial charge in [0.2, 0.25) is 0 Å². The molecule has 0 aromatic heterocycles. The number of fused-ring (bicyclic) bond motifs is 3. The zero-order chi connectivity index (χ0) is 24.5. The smallest absolute Gasteiger partial charge is 0.187 e. The van der Waals surface area contributed by atoms with Gasteiger partial charge in [-0.25, -0.2) is 0 Å². The van der Waals surface area contributed by atoms with E-state index in [1.165, 1.54) is 0 Å². The maximum atomic E-state index is 6.46. The third-order valence-corrected chi connectivity index (χ3v) is 7.07. The lowest BCUT2D eigenvalue weighted by Gasteiger charge is -2.50. The first-order valence-corrected chi connectivity index (χ1v) is 11.7. The summed E-state index contributed by atoms with van der Waals surface area (Å²) in [6.45, 7) is 0.663. The van der Waals surface area contributed by atoms with Crippen LogP contribution in [0.15, 0.2) is 24.3 Å². The van der Waals surface area contributed by atoms with Crippen LogP contribution in [0.2, 0.25) is 0 Å². The van der Waals surface area contributed by atoms with Crippen molar-refractivity contribution in [1.29, 1.82) is 0 Å². The van der Waals surface area contributed by atoms with Gasteiger partial charge in [0.1, 0.15) is 54.6 Å². The molecule has 0 N–H and O–H groups in total. The summed E-state index contributed by atoms with van der Waals surface area (Å²) in [5.74, 6) is 0.758. The van der Waals surface area contributed by atoms with Crippen LogP contribution in [0.3, 0.4) is 0 Å². The largest absolute Gasteiger partial charge is 0.497 e.